The second kappa shape index (κ2) is 10.9. The summed E-state index contributed by atoms with van der Waals surface area (Å²) in [6.07, 6.45) is 1.53. The zero-order chi connectivity index (χ0) is 19.6. The van der Waals surface area contributed by atoms with E-state index >= 15 is 0 Å². The van der Waals surface area contributed by atoms with Crippen LogP contribution < -0.4 is 15.4 Å². The van der Waals surface area contributed by atoms with Gasteiger partial charge in [-0.15, -0.1) is 0 Å². The number of nitrogens with zero attached hydrogens (tertiary/aromatic N) is 2. The molecular formula is C21H34N4O2. The van der Waals surface area contributed by atoms with Gasteiger partial charge in [0.05, 0.1) is 19.8 Å². The third-order valence-electron chi connectivity index (χ3n) is 4.69. The maximum atomic E-state index is 10.4. The van der Waals surface area contributed by atoms with E-state index in [1.54, 1.807) is 7.11 Å². The van der Waals surface area contributed by atoms with E-state index in [0.29, 0.717) is 12.6 Å². The smallest absolute Gasteiger partial charge is 0.191 e. The fourth-order valence-corrected chi connectivity index (χ4v) is 3.24. The number of hydrogen-bond acceptors (Lipinski definition) is 4. The van der Waals surface area contributed by atoms with Crippen molar-refractivity contribution in [3.63, 3.8) is 0 Å². The first-order chi connectivity index (χ1) is 13.0. The molecule has 1 aliphatic heterocycles. The number of likely N-dealkylation sites (tertiary alicyclic amines) is 1. The van der Waals surface area contributed by atoms with Crippen molar-refractivity contribution in [2.24, 2.45) is 4.99 Å². The highest BCUT2D eigenvalue weighted by Gasteiger charge is 2.20. The number of ether oxygens (including phenoxy) is 1. The molecule has 0 aromatic heterocycles. The Morgan fingerprint density at radius 2 is 2.00 bits per heavy atom. The van der Waals surface area contributed by atoms with Crippen LogP contribution in [0.15, 0.2) is 41.4 Å². The molecule has 150 valence electrons. The first-order valence-electron chi connectivity index (χ1n) is 9.75. The summed E-state index contributed by atoms with van der Waals surface area (Å²) in [5.41, 5.74) is 2.05. The van der Waals surface area contributed by atoms with Crippen molar-refractivity contribution in [2.45, 2.75) is 38.8 Å². The molecule has 0 amide bonds. The number of nitrogens with one attached hydrogen (secondary N) is 2. The number of methoxy groups -OCH3 is 1. The lowest BCUT2D eigenvalue weighted by molar-refractivity contribution is 0.186. The van der Waals surface area contributed by atoms with E-state index in [1.807, 2.05) is 31.2 Å². The molecule has 3 N–H and O–H groups in total. The molecular weight excluding hydrogens is 340 g/mol. The molecule has 1 aromatic rings. The lowest BCUT2D eigenvalue weighted by Crippen LogP contribution is -2.49. The van der Waals surface area contributed by atoms with E-state index in [9.17, 15) is 5.11 Å². The van der Waals surface area contributed by atoms with Gasteiger partial charge in [-0.2, -0.15) is 0 Å². The SMILES string of the molecule is C=C(C)CN1CCC(NC(=NCC(O)c2ccc(OC)cc2)NCC)CC1. The Morgan fingerprint density at radius 1 is 1.33 bits per heavy atom. The standard InChI is InChI=1S/C21H34N4O2/c1-5-22-21(24-18-10-12-25(13-11-18)15-16(2)3)23-14-20(26)17-6-8-19(27-4)9-7-17/h6-9,18,20,26H,2,5,10-15H2,1,3-4H3,(H2,22,23,24). The monoisotopic (exact) mass is 374 g/mol. The highest BCUT2D eigenvalue weighted by atomic mass is 16.5. The third-order valence-corrected chi connectivity index (χ3v) is 4.69. The largest absolute Gasteiger partial charge is 0.497 e. The summed E-state index contributed by atoms with van der Waals surface area (Å²) in [5.74, 6) is 1.55. The highest BCUT2D eigenvalue weighted by Crippen LogP contribution is 2.18. The van der Waals surface area contributed by atoms with Crippen LogP contribution in [-0.4, -0.2) is 61.8 Å². The maximum Gasteiger partial charge on any atom is 0.191 e. The molecule has 1 fully saturated rings. The van der Waals surface area contributed by atoms with Gasteiger partial charge in [0.2, 0.25) is 0 Å². The fourth-order valence-electron chi connectivity index (χ4n) is 3.24. The Balaban J connectivity index is 1.87. The number of aliphatic imine (C=N–C) groups is 1. The minimum absolute atomic E-state index is 0.316. The minimum Gasteiger partial charge on any atom is -0.497 e. The van der Waals surface area contributed by atoms with E-state index in [4.69, 9.17) is 4.74 Å². The predicted molar refractivity (Wildman–Crippen MR) is 111 cm³/mol. The van der Waals surface area contributed by atoms with E-state index < -0.39 is 6.10 Å². The van der Waals surface area contributed by atoms with Crippen LogP contribution in [0, 0.1) is 0 Å². The van der Waals surface area contributed by atoms with Gasteiger partial charge in [0.25, 0.3) is 0 Å². The molecule has 0 radical (unpaired) electrons. The second-order valence-electron chi connectivity index (χ2n) is 7.16. The second-order valence-corrected chi connectivity index (χ2v) is 7.16. The molecule has 0 aliphatic carbocycles. The highest BCUT2D eigenvalue weighted by molar-refractivity contribution is 5.80. The van der Waals surface area contributed by atoms with E-state index in [0.717, 1.165) is 56.3 Å². The summed E-state index contributed by atoms with van der Waals surface area (Å²) in [4.78, 5) is 7.02. The number of rotatable bonds is 8. The van der Waals surface area contributed by atoms with Gasteiger partial charge in [-0.1, -0.05) is 24.3 Å². The Bertz CT molecular complexity index is 607. The summed E-state index contributed by atoms with van der Waals surface area (Å²) >= 11 is 0. The predicted octanol–water partition coefficient (Wildman–Crippen LogP) is 2.32. The van der Waals surface area contributed by atoms with Gasteiger partial charge in [0.15, 0.2) is 5.96 Å². The van der Waals surface area contributed by atoms with Crippen LogP contribution in [0.3, 0.4) is 0 Å². The maximum absolute atomic E-state index is 10.4. The third kappa shape index (κ3) is 7.23. The molecule has 2 rings (SSSR count). The average molecular weight is 375 g/mol. The topological polar surface area (TPSA) is 69.1 Å². The molecule has 1 aliphatic rings. The summed E-state index contributed by atoms with van der Waals surface area (Å²) in [5, 5.41) is 17.2. The molecule has 6 heteroatoms. The first-order valence-corrected chi connectivity index (χ1v) is 9.75. The fraction of sp³-hybridized carbons (Fsp3) is 0.571. The van der Waals surface area contributed by atoms with Crippen molar-refractivity contribution in [3.8, 4) is 5.75 Å². The van der Waals surface area contributed by atoms with Crippen molar-refractivity contribution in [3.05, 3.63) is 42.0 Å². The van der Waals surface area contributed by atoms with Gasteiger partial charge in [-0.05, 0) is 44.4 Å². The quantitative estimate of drug-likeness (QED) is 0.370. The molecule has 6 nitrogen and oxygen atoms in total. The van der Waals surface area contributed by atoms with Crippen LogP contribution in [0.4, 0.5) is 0 Å². The van der Waals surface area contributed by atoms with E-state index in [2.05, 4.69) is 34.0 Å². The van der Waals surface area contributed by atoms with Crippen LogP contribution >= 0.6 is 0 Å². The molecule has 1 unspecified atom stereocenters. The number of aliphatic hydroxyl groups is 1. The van der Waals surface area contributed by atoms with Crippen molar-refractivity contribution < 1.29 is 9.84 Å². The molecule has 0 saturated carbocycles. The Hall–Kier alpha value is -2.05. The van der Waals surface area contributed by atoms with Crippen molar-refractivity contribution >= 4 is 5.96 Å². The van der Waals surface area contributed by atoms with E-state index in [-0.39, 0.29) is 0 Å². The Labute approximate surface area is 163 Å². The first kappa shape index (κ1) is 21.3. The number of hydrogen-bond donors (Lipinski definition) is 3. The number of aliphatic hydroxyl groups excluding tert-OH is 1. The summed E-state index contributed by atoms with van der Waals surface area (Å²) in [6.45, 7) is 12.3. The number of guanidine groups is 1. The normalized spacial score (nSPS) is 17.4. The van der Waals surface area contributed by atoms with Crippen molar-refractivity contribution in [2.75, 3.05) is 39.8 Å². The number of benzene rings is 1. The Morgan fingerprint density at radius 3 is 2.56 bits per heavy atom. The molecule has 1 aromatic carbocycles. The van der Waals surface area contributed by atoms with Gasteiger partial charge < -0.3 is 20.5 Å². The molecule has 1 saturated heterocycles. The molecule has 1 heterocycles. The number of piperidine rings is 1. The summed E-state index contributed by atoms with van der Waals surface area (Å²) < 4.78 is 5.15. The molecule has 0 spiro atoms. The van der Waals surface area contributed by atoms with Gasteiger partial charge in [-0.25, -0.2) is 0 Å². The van der Waals surface area contributed by atoms with Crippen LogP contribution in [0.2, 0.25) is 0 Å². The van der Waals surface area contributed by atoms with Gasteiger partial charge >= 0.3 is 0 Å². The van der Waals surface area contributed by atoms with Gasteiger partial charge in [-0.3, -0.25) is 9.89 Å². The molecule has 0 bridgehead atoms. The molecule has 27 heavy (non-hydrogen) atoms. The van der Waals surface area contributed by atoms with Crippen molar-refractivity contribution in [1.82, 2.24) is 15.5 Å². The van der Waals surface area contributed by atoms with Gasteiger partial charge in [0, 0.05) is 32.2 Å². The minimum atomic E-state index is -0.635. The zero-order valence-electron chi connectivity index (χ0n) is 16.9. The zero-order valence-corrected chi connectivity index (χ0v) is 16.9. The van der Waals surface area contributed by atoms with Gasteiger partial charge in [0.1, 0.15) is 5.75 Å². The Kier molecular flexibility index (Phi) is 8.61. The van der Waals surface area contributed by atoms with Crippen LogP contribution in [0.5, 0.6) is 5.75 Å². The average Bonchev–Trinajstić information content (AvgIpc) is 2.67. The summed E-state index contributed by atoms with van der Waals surface area (Å²) in [6, 6.07) is 7.85. The van der Waals surface area contributed by atoms with Crippen LogP contribution in [0.1, 0.15) is 38.4 Å². The molecule has 1 atom stereocenters. The van der Waals surface area contributed by atoms with Crippen LogP contribution in [-0.2, 0) is 0 Å². The lowest BCUT2D eigenvalue weighted by atomic mass is 10.0. The summed E-state index contributed by atoms with van der Waals surface area (Å²) in [7, 11) is 1.63. The van der Waals surface area contributed by atoms with Crippen molar-refractivity contribution in [1.29, 1.82) is 0 Å². The lowest BCUT2D eigenvalue weighted by Gasteiger charge is -2.33. The van der Waals surface area contributed by atoms with E-state index in [1.165, 1.54) is 5.57 Å². The van der Waals surface area contributed by atoms with Crippen LogP contribution in [0.25, 0.3) is 0 Å².